The van der Waals surface area contributed by atoms with Crippen molar-refractivity contribution in [1.29, 1.82) is 0 Å². The molecule has 1 atom stereocenters. The largest absolute Gasteiger partial charge is 0.453 e. The monoisotopic (exact) mass is 311 g/mol. The molecule has 0 saturated carbocycles. The molecule has 0 amide bonds. The molecule has 2 rings (SSSR count). The summed E-state index contributed by atoms with van der Waals surface area (Å²) in [5, 5.41) is 20.2. The quantitative estimate of drug-likeness (QED) is 0.677. The third kappa shape index (κ3) is 3.48. The van der Waals surface area contributed by atoms with Crippen molar-refractivity contribution in [3.05, 3.63) is 62.9 Å². The Hall–Kier alpha value is -2.18. The van der Waals surface area contributed by atoms with Crippen molar-refractivity contribution in [2.45, 2.75) is 13.0 Å². The molecule has 1 unspecified atom stereocenters. The smallest absolute Gasteiger partial charge is 0.272 e. The van der Waals surface area contributed by atoms with Crippen LogP contribution in [-0.4, -0.2) is 10.0 Å². The Bertz CT molecular complexity index is 691. The molecule has 5 nitrogen and oxygen atoms in total. The molecule has 2 aromatic rings. The van der Waals surface area contributed by atoms with Gasteiger partial charge in [-0.1, -0.05) is 17.7 Å². The average molecular weight is 312 g/mol. The Kier molecular flexibility index (Phi) is 4.40. The molecule has 0 bridgehead atoms. The Morgan fingerprint density at radius 1 is 1.29 bits per heavy atom. The maximum absolute atomic E-state index is 13.7. The number of ether oxygens (including phenoxy) is 1. The van der Waals surface area contributed by atoms with Crippen LogP contribution in [0.1, 0.15) is 18.6 Å². The lowest BCUT2D eigenvalue weighted by molar-refractivity contribution is -0.385. The van der Waals surface area contributed by atoms with Crippen LogP contribution >= 0.6 is 11.6 Å². The third-order valence-electron chi connectivity index (χ3n) is 2.78. The van der Waals surface area contributed by atoms with Gasteiger partial charge in [0, 0.05) is 6.07 Å². The highest BCUT2D eigenvalue weighted by Crippen LogP contribution is 2.33. The standard InChI is InChI=1S/C14H11ClFNO4/c1-8(18)9-2-4-13(11(15)6-9)21-14-5-3-10(17(19)20)7-12(14)16/h2-8,18H,1H3. The fourth-order valence-electron chi connectivity index (χ4n) is 1.66. The Balaban J connectivity index is 2.28. The van der Waals surface area contributed by atoms with E-state index in [1.54, 1.807) is 13.0 Å². The SMILES string of the molecule is CC(O)c1ccc(Oc2ccc([N+](=O)[O-])cc2F)c(Cl)c1. The van der Waals surface area contributed by atoms with Gasteiger partial charge in [-0.25, -0.2) is 4.39 Å². The maximum Gasteiger partial charge on any atom is 0.272 e. The van der Waals surface area contributed by atoms with Gasteiger partial charge in [-0.3, -0.25) is 10.1 Å². The number of nitro groups is 1. The van der Waals surface area contributed by atoms with Gasteiger partial charge in [0.05, 0.1) is 22.1 Å². The van der Waals surface area contributed by atoms with Gasteiger partial charge in [0.15, 0.2) is 11.6 Å². The highest BCUT2D eigenvalue weighted by atomic mass is 35.5. The summed E-state index contributed by atoms with van der Waals surface area (Å²) < 4.78 is 19.0. The topological polar surface area (TPSA) is 72.6 Å². The highest BCUT2D eigenvalue weighted by Gasteiger charge is 2.14. The normalized spacial score (nSPS) is 12.0. The van der Waals surface area contributed by atoms with Crippen molar-refractivity contribution in [1.82, 2.24) is 0 Å². The van der Waals surface area contributed by atoms with Crippen LogP contribution in [0.4, 0.5) is 10.1 Å². The number of nitrogens with zero attached hydrogens (tertiary/aromatic N) is 1. The predicted molar refractivity (Wildman–Crippen MR) is 75.2 cm³/mol. The van der Waals surface area contributed by atoms with E-state index in [0.717, 1.165) is 18.2 Å². The van der Waals surface area contributed by atoms with E-state index in [4.69, 9.17) is 16.3 Å². The minimum Gasteiger partial charge on any atom is -0.453 e. The van der Waals surface area contributed by atoms with E-state index in [0.29, 0.717) is 5.56 Å². The number of aliphatic hydroxyl groups excluding tert-OH is 1. The number of aliphatic hydroxyl groups is 1. The number of non-ortho nitro benzene ring substituents is 1. The Morgan fingerprint density at radius 2 is 1.95 bits per heavy atom. The first kappa shape index (κ1) is 15.2. The van der Waals surface area contributed by atoms with Crippen LogP contribution in [0.25, 0.3) is 0 Å². The predicted octanol–water partition coefficient (Wildman–Crippen LogP) is 4.23. The summed E-state index contributed by atoms with van der Waals surface area (Å²) in [5.74, 6) is -0.846. The molecule has 110 valence electrons. The first-order chi connectivity index (χ1) is 9.88. The number of rotatable bonds is 4. The summed E-state index contributed by atoms with van der Waals surface area (Å²) in [5.41, 5.74) is 0.229. The molecule has 2 aromatic carbocycles. The molecule has 0 spiro atoms. The lowest BCUT2D eigenvalue weighted by Gasteiger charge is -2.11. The van der Waals surface area contributed by atoms with Crippen LogP contribution in [-0.2, 0) is 0 Å². The van der Waals surface area contributed by atoms with Crippen molar-refractivity contribution in [3.8, 4) is 11.5 Å². The van der Waals surface area contributed by atoms with Crippen molar-refractivity contribution in [3.63, 3.8) is 0 Å². The summed E-state index contributed by atoms with van der Waals surface area (Å²) in [6.45, 7) is 1.59. The van der Waals surface area contributed by atoms with E-state index in [2.05, 4.69) is 0 Å². The molecule has 0 aliphatic rings. The molecule has 0 fully saturated rings. The van der Waals surface area contributed by atoms with E-state index in [-0.39, 0.29) is 22.2 Å². The van der Waals surface area contributed by atoms with Crippen molar-refractivity contribution < 1.29 is 19.2 Å². The van der Waals surface area contributed by atoms with Gasteiger partial charge >= 0.3 is 0 Å². The van der Waals surface area contributed by atoms with E-state index >= 15 is 0 Å². The van der Waals surface area contributed by atoms with Gasteiger partial charge in [0.25, 0.3) is 5.69 Å². The van der Waals surface area contributed by atoms with Gasteiger partial charge in [0.1, 0.15) is 5.75 Å². The summed E-state index contributed by atoms with van der Waals surface area (Å²) in [6.07, 6.45) is -0.687. The molecule has 0 aromatic heterocycles. The van der Waals surface area contributed by atoms with Crippen molar-refractivity contribution in [2.75, 3.05) is 0 Å². The highest BCUT2D eigenvalue weighted by molar-refractivity contribution is 6.32. The average Bonchev–Trinajstić information content (AvgIpc) is 2.42. The molecular formula is C14H11ClFNO4. The molecule has 0 aliphatic heterocycles. The van der Waals surface area contributed by atoms with Gasteiger partial charge in [0.2, 0.25) is 0 Å². The van der Waals surface area contributed by atoms with E-state index in [1.165, 1.54) is 12.1 Å². The van der Waals surface area contributed by atoms with Crippen LogP contribution in [0, 0.1) is 15.9 Å². The van der Waals surface area contributed by atoms with Gasteiger partial charge < -0.3 is 9.84 Å². The van der Waals surface area contributed by atoms with Gasteiger partial charge in [-0.2, -0.15) is 0 Å². The number of halogens is 2. The van der Waals surface area contributed by atoms with E-state index in [9.17, 15) is 19.6 Å². The minimum absolute atomic E-state index is 0.174. The maximum atomic E-state index is 13.7. The molecule has 1 N–H and O–H groups in total. The summed E-state index contributed by atoms with van der Waals surface area (Å²) in [7, 11) is 0. The fraction of sp³-hybridized carbons (Fsp3) is 0.143. The van der Waals surface area contributed by atoms with Gasteiger partial charge in [-0.15, -0.1) is 0 Å². The summed E-state index contributed by atoms with van der Waals surface area (Å²) in [4.78, 5) is 9.83. The first-order valence-corrected chi connectivity index (χ1v) is 6.35. The lowest BCUT2D eigenvalue weighted by Crippen LogP contribution is -1.94. The zero-order chi connectivity index (χ0) is 15.6. The number of hydrogen-bond acceptors (Lipinski definition) is 4. The molecule has 0 saturated heterocycles. The number of hydrogen-bond donors (Lipinski definition) is 1. The zero-order valence-corrected chi connectivity index (χ0v) is 11.7. The summed E-state index contributed by atoms with van der Waals surface area (Å²) >= 11 is 5.99. The van der Waals surface area contributed by atoms with Crippen molar-refractivity contribution in [2.24, 2.45) is 0 Å². The molecule has 7 heteroatoms. The molecule has 21 heavy (non-hydrogen) atoms. The Labute approximate surface area is 124 Å². The second-order valence-corrected chi connectivity index (χ2v) is 4.75. The van der Waals surface area contributed by atoms with Crippen LogP contribution in [0.5, 0.6) is 11.5 Å². The lowest BCUT2D eigenvalue weighted by atomic mass is 10.1. The summed E-state index contributed by atoms with van der Waals surface area (Å²) in [6, 6.07) is 7.65. The van der Waals surface area contributed by atoms with Crippen LogP contribution in [0.2, 0.25) is 5.02 Å². The van der Waals surface area contributed by atoms with E-state index < -0.39 is 16.8 Å². The van der Waals surface area contributed by atoms with E-state index in [1.807, 2.05) is 0 Å². The molecule has 0 heterocycles. The second-order valence-electron chi connectivity index (χ2n) is 4.34. The minimum atomic E-state index is -0.861. The first-order valence-electron chi connectivity index (χ1n) is 5.98. The zero-order valence-electron chi connectivity index (χ0n) is 10.9. The van der Waals surface area contributed by atoms with Gasteiger partial charge in [-0.05, 0) is 30.7 Å². The number of nitro benzene ring substituents is 1. The van der Waals surface area contributed by atoms with Crippen LogP contribution < -0.4 is 4.74 Å². The third-order valence-corrected chi connectivity index (χ3v) is 3.08. The fourth-order valence-corrected chi connectivity index (χ4v) is 1.89. The van der Waals surface area contributed by atoms with Crippen LogP contribution in [0.3, 0.4) is 0 Å². The second kappa shape index (κ2) is 6.07. The molecule has 0 radical (unpaired) electrons. The Morgan fingerprint density at radius 3 is 2.48 bits per heavy atom. The van der Waals surface area contributed by atoms with Crippen molar-refractivity contribution >= 4 is 17.3 Å². The molecular weight excluding hydrogens is 301 g/mol. The van der Waals surface area contributed by atoms with Crippen LogP contribution in [0.15, 0.2) is 36.4 Å². The number of benzene rings is 2. The molecule has 0 aliphatic carbocycles.